The summed E-state index contributed by atoms with van der Waals surface area (Å²) in [7, 11) is 0. The Morgan fingerprint density at radius 3 is 2.09 bits per heavy atom. The normalized spacial score (nSPS) is 14.2. The van der Waals surface area contributed by atoms with E-state index in [1.807, 2.05) is 12.1 Å². The van der Waals surface area contributed by atoms with Gasteiger partial charge in [0.05, 0.1) is 30.1 Å². The highest BCUT2D eigenvalue weighted by atomic mass is 16.3. The van der Waals surface area contributed by atoms with Crippen LogP contribution in [0.25, 0.3) is 0 Å². The minimum absolute atomic E-state index is 0.0276. The fourth-order valence-corrected chi connectivity index (χ4v) is 3.35. The van der Waals surface area contributed by atoms with Gasteiger partial charge in [-0.15, -0.1) is 0 Å². The highest BCUT2D eigenvalue weighted by molar-refractivity contribution is 6.17. The molecule has 0 bridgehead atoms. The summed E-state index contributed by atoms with van der Waals surface area (Å²) < 4.78 is 0. The second-order valence-corrected chi connectivity index (χ2v) is 7.33. The molecule has 0 aliphatic heterocycles. The maximum absolute atomic E-state index is 13.3. The van der Waals surface area contributed by atoms with Crippen molar-refractivity contribution >= 4 is 17.2 Å². The minimum Gasteiger partial charge on any atom is -0.513 e. The molecule has 0 heterocycles. The quantitative estimate of drug-likeness (QED) is 0.120. The van der Waals surface area contributed by atoms with Gasteiger partial charge in [-0.1, -0.05) is 6.08 Å². The van der Waals surface area contributed by atoms with Crippen LogP contribution in [0.1, 0.15) is 22.8 Å². The molecule has 0 spiro atoms. The van der Waals surface area contributed by atoms with Crippen molar-refractivity contribution in [1.82, 2.24) is 10.6 Å². The Bertz CT molecular complexity index is 860. The van der Waals surface area contributed by atoms with E-state index in [1.165, 1.54) is 19.1 Å². The largest absolute Gasteiger partial charge is 0.513 e. The van der Waals surface area contributed by atoms with Crippen molar-refractivity contribution in [1.29, 1.82) is 0 Å². The topological polar surface area (TPSA) is 146 Å². The van der Waals surface area contributed by atoms with Gasteiger partial charge in [-0.3, -0.25) is 4.79 Å². The molecule has 0 saturated carbocycles. The van der Waals surface area contributed by atoms with Gasteiger partial charge in [-0.05, 0) is 43.2 Å². The molecule has 176 valence electrons. The second-order valence-electron chi connectivity index (χ2n) is 7.33. The maximum atomic E-state index is 13.3. The van der Waals surface area contributed by atoms with Gasteiger partial charge in [0, 0.05) is 50.6 Å². The first-order chi connectivity index (χ1) is 15.5. The fraction of sp³-hybridized carbons (Fsp3) is 0.435. The number of carbonyl (C=O) groups is 1. The number of hydrogen-bond donors (Lipinski definition) is 8. The molecule has 1 aromatic rings. The van der Waals surface area contributed by atoms with Crippen molar-refractivity contribution in [3.8, 4) is 0 Å². The molecule has 1 aromatic carbocycles. The number of nitrogens with one attached hydrogen (secondary N) is 4. The summed E-state index contributed by atoms with van der Waals surface area (Å²) in [4.78, 5) is 13.3. The summed E-state index contributed by atoms with van der Waals surface area (Å²) in [5.41, 5.74) is 3.05. The van der Waals surface area contributed by atoms with Crippen LogP contribution >= 0.6 is 0 Å². The summed E-state index contributed by atoms with van der Waals surface area (Å²) in [6, 6.07) is 3.77. The number of aliphatic hydroxyl groups excluding tert-OH is 4. The van der Waals surface area contributed by atoms with Crippen molar-refractivity contribution in [2.45, 2.75) is 13.3 Å². The Labute approximate surface area is 188 Å². The molecule has 0 amide bonds. The summed E-state index contributed by atoms with van der Waals surface area (Å²) in [6.07, 6.45) is 4.80. The Kier molecular flexibility index (Phi) is 10.8. The van der Waals surface area contributed by atoms with Gasteiger partial charge in [-0.2, -0.15) is 0 Å². The maximum Gasteiger partial charge on any atom is 0.198 e. The number of carbonyl (C=O) groups excluding carboxylic acids is 1. The second kappa shape index (κ2) is 13.5. The Balaban J connectivity index is 2.26. The van der Waals surface area contributed by atoms with Gasteiger partial charge in [0.15, 0.2) is 5.78 Å². The summed E-state index contributed by atoms with van der Waals surface area (Å²) in [6.45, 7) is 5.10. The number of fused-ring (bicyclic) bond motifs is 1. The first-order valence-electron chi connectivity index (χ1n) is 10.8. The van der Waals surface area contributed by atoms with Gasteiger partial charge < -0.3 is 41.7 Å². The van der Waals surface area contributed by atoms with Crippen LogP contribution in [-0.4, -0.2) is 78.7 Å². The zero-order valence-corrected chi connectivity index (χ0v) is 18.4. The lowest BCUT2D eigenvalue weighted by atomic mass is 9.86. The molecule has 1 aliphatic rings. The molecule has 9 nitrogen and oxygen atoms in total. The molecule has 0 fully saturated rings. The van der Waals surface area contributed by atoms with Gasteiger partial charge in [0.2, 0.25) is 0 Å². The van der Waals surface area contributed by atoms with Crippen LogP contribution in [-0.2, 0) is 6.42 Å². The smallest absolute Gasteiger partial charge is 0.198 e. The third kappa shape index (κ3) is 7.38. The van der Waals surface area contributed by atoms with Crippen molar-refractivity contribution in [2.24, 2.45) is 0 Å². The van der Waals surface area contributed by atoms with E-state index in [0.29, 0.717) is 56.9 Å². The van der Waals surface area contributed by atoms with E-state index in [0.717, 1.165) is 11.3 Å². The SMILES string of the molecule is C/C(O)=C\C=C(\O)C1=CCc2c(NCCNCCO)ccc(NCCNCCO)c2C1=O. The zero-order valence-electron chi connectivity index (χ0n) is 18.4. The van der Waals surface area contributed by atoms with Gasteiger partial charge in [0.25, 0.3) is 0 Å². The molecular formula is C23H34N4O5. The average molecular weight is 447 g/mol. The Morgan fingerprint density at radius 1 is 0.906 bits per heavy atom. The molecule has 0 saturated heterocycles. The summed E-state index contributed by atoms with van der Waals surface area (Å²) in [5, 5.41) is 50.3. The lowest BCUT2D eigenvalue weighted by Crippen LogP contribution is -2.27. The molecular weight excluding hydrogens is 412 g/mol. The van der Waals surface area contributed by atoms with Gasteiger partial charge >= 0.3 is 0 Å². The molecule has 0 atom stereocenters. The molecule has 8 N–H and O–H groups in total. The van der Waals surface area contributed by atoms with Crippen molar-refractivity contribution in [3.63, 3.8) is 0 Å². The lowest BCUT2D eigenvalue weighted by molar-refractivity contribution is 0.102. The fourth-order valence-electron chi connectivity index (χ4n) is 3.35. The van der Waals surface area contributed by atoms with Crippen molar-refractivity contribution < 1.29 is 25.2 Å². The monoisotopic (exact) mass is 446 g/mol. The summed E-state index contributed by atoms with van der Waals surface area (Å²) >= 11 is 0. The third-order valence-electron chi connectivity index (χ3n) is 4.86. The van der Waals surface area contributed by atoms with E-state index in [9.17, 15) is 15.0 Å². The minimum atomic E-state index is -0.295. The molecule has 0 radical (unpaired) electrons. The Morgan fingerprint density at radius 2 is 1.50 bits per heavy atom. The standard InChI is InChI=1S/C23H34N4O5/c1-16(30)2-7-21(31)18-4-3-17-19(26-10-8-24-12-14-28)5-6-20(22(17)23(18)32)27-11-9-25-13-15-29/h2,4-7,24-31H,3,8-15H2,1H3/b16-2+,21-7+. The summed E-state index contributed by atoms with van der Waals surface area (Å²) in [5.74, 6) is -0.465. The lowest BCUT2D eigenvalue weighted by Gasteiger charge is -2.23. The third-order valence-corrected chi connectivity index (χ3v) is 4.86. The van der Waals surface area contributed by atoms with Crippen LogP contribution in [0.5, 0.6) is 0 Å². The van der Waals surface area contributed by atoms with Crippen LogP contribution in [0.3, 0.4) is 0 Å². The molecule has 0 aromatic heterocycles. The van der Waals surface area contributed by atoms with E-state index in [2.05, 4.69) is 21.3 Å². The number of rotatable bonds is 14. The van der Waals surface area contributed by atoms with Crippen LogP contribution in [0.4, 0.5) is 11.4 Å². The number of anilines is 2. The van der Waals surface area contributed by atoms with E-state index in [-0.39, 0.29) is 36.1 Å². The predicted molar refractivity (Wildman–Crippen MR) is 127 cm³/mol. The molecule has 32 heavy (non-hydrogen) atoms. The molecule has 0 unspecified atom stereocenters. The van der Waals surface area contributed by atoms with Crippen LogP contribution in [0, 0.1) is 0 Å². The molecule has 9 heteroatoms. The average Bonchev–Trinajstić information content (AvgIpc) is 2.78. The van der Waals surface area contributed by atoms with Crippen LogP contribution in [0.15, 0.2) is 47.5 Å². The van der Waals surface area contributed by atoms with Crippen molar-refractivity contribution in [3.05, 3.63) is 58.6 Å². The predicted octanol–water partition coefficient (Wildman–Crippen LogP) is 1.24. The highest BCUT2D eigenvalue weighted by Crippen LogP contribution is 2.35. The Hall–Kier alpha value is -2.85. The number of benzene rings is 1. The first kappa shape index (κ1) is 25.4. The number of Topliss-reactive ketones (excluding diaryl/α,β-unsaturated/α-hetero) is 1. The number of ketones is 1. The van der Waals surface area contributed by atoms with E-state index >= 15 is 0 Å². The molecule has 1 aliphatic carbocycles. The van der Waals surface area contributed by atoms with Crippen LogP contribution < -0.4 is 21.3 Å². The first-order valence-corrected chi connectivity index (χ1v) is 10.8. The van der Waals surface area contributed by atoms with Gasteiger partial charge in [-0.25, -0.2) is 0 Å². The van der Waals surface area contributed by atoms with Crippen molar-refractivity contribution in [2.75, 3.05) is 63.1 Å². The van der Waals surface area contributed by atoms with Crippen LogP contribution in [0.2, 0.25) is 0 Å². The zero-order chi connectivity index (χ0) is 23.3. The highest BCUT2D eigenvalue weighted by Gasteiger charge is 2.27. The van der Waals surface area contributed by atoms with Gasteiger partial charge in [0.1, 0.15) is 5.76 Å². The number of aliphatic hydroxyl groups is 4. The van der Waals surface area contributed by atoms with E-state index in [4.69, 9.17) is 10.2 Å². The number of hydrogen-bond acceptors (Lipinski definition) is 9. The molecule has 2 rings (SSSR count). The van der Waals surface area contributed by atoms with E-state index in [1.54, 1.807) is 6.08 Å². The van der Waals surface area contributed by atoms with E-state index < -0.39 is 0 Å². The number of allylic oxidation sites excluding steroid dienone is 5.